The van der Waals surface area contributed by atoms with Gasteiger partial charge in [-0.3, -0.25) is 0 Å². The average molecular weight is 774 g/mol. The van der Waals surface area contributed by atoms with Crippen LogP contribution in [0.3, 0.4) is 0 Å². The Kier molecular flexibility index (Phi) is 7.82. The zero-order valence-corrected chi connectivity index (χ0v) is 33.2. The van der Waals surface area contributed by atoms with E-state index in [2.05, 4.69) is 227 Å². The molecule has 8 aromatic carbocycles. The van der Waals surface area contributed by atoms with Gasteiger partial charge in [-0.15, -0.1) is 0 Å². The predicted molar refractivity (Wildman–Crippen MR) is 247 cm³/mol. The summed E-state index contributed by atoms with van der Waals surface area (Å²) >= 11 is 1.94. The molecular formula is C55H39N3S. The number of hydrogen-bond donors (Lipinski definition) is 0. The molecule has 0 unspecified atom stereocenters. The fourth-order valence-electron chi connectivity index (χ4n) is 10.2. The monoisotopic (exact) mass is 773 g/mol. The van der Waals surface area contributed by atoms with Gasteiger partial charge in [-0.25, -0.2) is 0 Å². The van der Waals surface area contributed by atoms with Crippen LogP contribution in [0.15, 0.2) is 228 Å². The van der Waals surface area contributed by atoms with Crippen LogP contribution >= 0.6 is 11.8 Å². The Bertz CT molecular complexity index is 3060. The molecule has 280 valence electrons. The van der Waals surface area contributed by atoms with Crippen molar-refractivity contribution in [2.24, 2.45) is 0 Å². The summed E-state index contributed by atoms with van der Waals surface area (Å²) in [5, 5.41) is 2.61. The Balaban J connectivity index is 1.10. The molecular weight excluding hydrogens is 735 g/mol. The van der Waals surface area contributed by atoms with Gasteiger partial charge in [-0.1, -0.05) is 145 Å². The van der Waals surface area contributed by atoms with Crippen LogP contribution in [0.4, 0.5) is 28.4 Å². The van der Waals surface area contributed by atoms with Crippen molar-refractivity contribution >= 4 is 67.7 Å². The summed E-state index contributed by atoms with van der Waals surface area (Å²) in [5.74, 6) is 0. The maximum absolute atomic E-state index is 2.54. The number of aromatic nitrogens is 1. The molecule has 0 bridgehead atoms. The van der Waals surface area contributed by atoms with E-state index < -0.39 is 5.41 Å². The third-order valence-electron chi connectivity index (χ3n) is 12.5. The van der Waals surface area contributed by atoms with E-state index in [1.807, 2.05) is 11.8 Å². The molecule has 0 saturated heterocycles. The number of nitrogens with zero attached hydrogens (tertiary/aromatic N) is 3. The highest BCUT2D eigenvalue weighted by atomic mass is 32.2. The van der Waals surface area contributed by atoms with E-state index in [-0.39, 0.29) is 0 Å². The normalized spacial score (nSPS) is 14.9. The molecule has 0 saturated carbocycles. The van der Waals surface area contributed by atoms with Crippen molar-refractivity contribution in [3.8, 4) is 0 Å². The van der Waals surface area contributed by atoms with Gasteiger partial charge < -0.3 is 14.4 Å². The maximum Gasteiger partial charge on any atom is 0.0764 e. The second kappa shape index (κ2) is 13.5. The summed E-state index contributed by atoms with van der Waals surface area (Å²) in [5.41, 5.74) is 15.8. The number of allylic oxidation sites excluding steroid dienone is 4. The van der Waals surface area contributed by atoms with Crippen LogP contribution in [0, 0.1) is 0 Å². The standard InChI is InChI=1S/C55H39N3S/c1-4-18-38(19-5-1)56(39-20-6-2-7-21-39)41-32-34-42(35-33-41)57-48-28-14-10-24-43(48)53-51(57)37-36-47-54(53)59-52-31-17-13-27-46(52)55(47)44-25-11-15-29-49(44)58(40-22-8-3-9-23-40)50-30-16-12-26-45(50)55/h1-32,34,36-37H,33,35H2. The molecule has 3 heterocycles. The van der Waals surface area contributed by atoms with Gasteiger partial charge in [-0.2, -0.15) is 0 Å². The SMILES string of the molecule is C1=C(N(c2ccccc2)c2ccccc2)CCC(n2c3ccccc3c3c4c(ccc32)C2(c3ccccc3S4)c3ccccc3N(c3ccccc3)c3ccccc32)=C1. The topological polar surface area (TPSA) is 11.4 Å². The van der Waals surface area contributed by atoms with Crippen LogP contribution in [0.2, 0.25) is 0 Å². The molecule has 0 radical (unpaired) electrons. The molecule has 0 amide bonds. The lowest BCUT2D eigenvalue weighted by atomic mass is 9.62. The van der Waals surface area contributed by atoms with Gasteiger partial charge >= 0.3 is 0 Å². The molecule has 2 aliphatic heterocycles. The third-order valence-corrected chi connectivity index (χ3v) is 13.7. The van der Waals surface area contributed by atoms with E-state index in [0.29, 0.717) is 0 Å². The molecule has 4 heteroatoms. The molecule has 3 nitrogen and oxygen atoms in total. The molecule has 1 aliphatic carbocycles. The molecule has 0 N–H and O–H groups in total. The summed E-state index contributed by atoms with van der Waals surface area (Å²) in [7, 11) is 0. The first-order valence-electron chi connectivity index (χ1n) is 20.5. The van der Waals surface area contributed by atoms with Gasteiger partial charge in [0.2, 0.25) is 0 Å². The van der Waals surface area contributed by atoms with Gasteiger partial charge in [0.1, 0.15) is 0 Å². The van der Waals surface area contributed by atoms with E-state index >= 15 is 0 Å². The van der Waals surface area contributed by atoms with Crippen molar-refractivity contribution in [2.45, 2.75) is 28.0 Å². The van der Waals surface area contributed by atoms with Crippen LogP contribution in [0.25, 0.3) is 27.5 Å². The summed E-state index contributed by atoms with van der Waals surface area (Å²) < 4.78 is 2.54. The van der Waals surface area contributed by atoms with Crippen LogP contribution in [-0.4, -0.2) is 4.57 Å². The van der Waals surface area contributed by atoms with Crippen LogP contribution in [-0.2, 0) is 5.41 Å². The van der Waals surface area contributed by atoms with E-state index in [1.54, 1.807) is 0 Å². The second-order valence-corrected chi connectivity index (χ2v) is 16.6. The second-order valence-electron chi connectivity index (χ2n) is 15.6. The van der Waals surface area contributed by atoms with Crippen molar-refractivity contribution in [3.63, 3.8) is 0 Å². The maximum atomic E-state index is 2.54. The van der Waals surface area contributed by atoms with Crippen molar-refractivity contribution in [1.82, 2.24) is 4.57 Å². The smallest absolute Gasteiger partial charge is 0.0764 e. The first kappa shape index (κ1) is 34.1. The molecule has 3 aliphatic rings. The average Bonchev–Trinajstić information content (AvgIpc) is 3.65. The largest absolute Gasteiger partial charge is 0.314 e. The molecule has 0 fully saturated rings. The Labute approximate surface area is 348 Å². The number of rotatable bonds is 5. The third kappa shape index (κ3) is 5.03. The Morgan fingerprint density at radius 1 is 0.458 bits per heavy atom. The number of hydrogen-bond acceptors (Lipinski definition) is 3. The fraction of sp³-hybridized carbons (Fsp3) is 0.0545. The van der Waals surface area contributed by atoms with Crippen molar-refractivity contribution in [2.75, 3.05) is 9.80 Å². The lowest BCUT2D eigenvalue weighted by Gasteiger charge is -2.49. The van der Waals surface area contributed by atoms with E-state index in [4.69, 9.17) is 0 Å². The number of para-hydroxylation sites is 6. The lowest BCUT2D eigenvalue weighted by Crippen LogP contribution is -2.39. The first-order chi connectivity index (χ1) is 29.3. The summed E-state index contributed by atoms with van der Waals surface area (Å²) in [6, 6.07) is 73.5. The van der Waals surface area contributed by atoms with Gasteiger partial charge in [-0.05, 0) is 114 Å². The van der Waals surface area contributed by atoms with Crippen molar-refractivity contribution in [1.29, 1.82) is 0 Å². The minimum absolute atomic E-state index is 0.535. The highest BCUT2D eigenvalue weighted by Gasteiger charge is 2.50. The summed E-state index contributed by atoms with van der Waals surface area (Å²) in [6.07, 6.45) is 6.54. The van der Waals surface area contributed by atoms with E-state index in [0.717, 1.165) is 18.5 Å². The molecule has 59 heavy (non-hydrogen) atoms. The highest BCUT2D eigenvalue weighted by Crippen LogP contribution is 2.64. The van der Waals surface area contributed by atoms with Crippen molar-refractivity contribution < 1.29 is 0 Å². The van der Waals surface area contributed by atoms with E-state index in [1.165, 1.54) is 88.0 Å². The van der Waals surface area contributed by atoms with Crippen molar-refractivity contribution in [3.05, 3.63) is 240 Å². The number of benzene rings is 8. The quantitative estimate of drug-likeness (QED) is 0.173. The van der Waals surface area contributed by atoms with Crippen LogP contribution < -0.4 is 9.80 Å². The zero-order chi connectivity index (χ0) is 38.9. The molecule has 1 spiro atoms. The van der Waals surface area contributed by atoms with Gasteiger partial charge in [0.05, 0.1) is 27.8 Å². The molecule has 9 aromatic rings. The fourth-order valence-corrected chi connectivity index (χ4v) is 11.5. The minimum Gasteiger partial charge on any atom is -0.314 e. The molecule has 12 rings (SSSR count). The van der Waals surface area contributed by atoms with Gasteiger partial charge in [0.15, 0.2) is 0 Å². The molecule has 0 atom stereocenters. The highest BCUT2D eigenvalue weighted by molar-refractivity contribution is 7.99. The Morgan fingerprint density at radius 3 is 1.69 bits per heavy atom. The van der Waals surface area contributed by atoms with Crippen LogP contribution in [0.5, 0.6) is 0 Å². The van der Waals surface area contributed by atoms with Gasteiger partial charge in [0.25, 0.3) is 0 Å². The van der Waals surface area contributed by atoms with E-state index in [9.17, 15) is 0 Å². The molecule has 1 aromatic heterocycles. The Hall–Kier alpha value is -7.01. The number of anilines is 5. The van der Waals surface area contributed by atoms with Gasteiger partial charge in [0, 0.05) is 49.0 Å². The predicted octanol–water partition coefficient (Wildman–Crippen LogP) is 14.8. The lowest BCUT2D eigenvalue weighted by molar-refractivity contribution is 0.695. The van der Waals surface area contributed by atoms with Crippen LogP contribution in [0.1, 0.15) is 35.1 Å². The first-order valence-corrected chi connectivity index (χ1v) is 21.3. The number of fused-ring (bicyclic) bond motifs is 12. The summed E-state index contributed by atoms with van der Waals surface area (Å²) in [4.78, 5) is 7.50. The minimum atomic E-state index is -0.535. The Morgan fingerprint density at radius 2 is 1.03 bits per heavy atom. The summed E-state index contributed by atoms with van der Waals surface area (Å²) in [6.45, 7) is 0. The zero-order valence-electron chi connectivity index (χ0n) is 32.4.